The summed E-state index contributed by atoms with van der Waals surface area (Å²) >= 11 is 0. The molecule has 1 atom stereocenters. The Morgan fingerprint density at radius 2 is 1.18 bits per heavy atom. The zero-order valence-corrected chi connectivity index (χ0v) is 13.4. The fourth-order valence-corrected chi connectivity index (χ4v) is 4.26. The molecule has 0 N–H and O–H groups in total. The van der Waals surface area contributed by atoms with E-state index in [0.29, 0.717) is 5.75 Å². The summed E-state index contributed by atoms with van der Waals surface area (Å²) in [5.41, 5.74) is 3.50. The number of hydrogen-bond donors (Lipinski definition) is 0. The Kier molecular flexibility index (Phi) is 4.21. The monoisotopic (exact) mass is 307 g/mol. The summed E-state index contributed by atoms with van der Waals surface area (Å²) in [5.74, 6) is 0.575. The molecule has 3 aromatic carbocycles. The van der Waals surface area contributed by atoms with E-state index in [0.717, 1.165) is 10.5 Å². The van der Waals surface area contributed by atoms with Gasteiger partial charge in [-0.25, -0.2) is 0 Å². The van der Waals surface area contributed by atoms with Crippen molar-refractivity contribution in [2.45, 2.75) is 10.6 Å². The molecule has 3 rings (SSSR count). The summed E-state index contributed by atoms with van der Waals surface area (Å²) in [6.07, 6.45) is 1.84. The van der Waals surface area contributed by atoms with E-state index >= 15 is 0 Å². The maximum Gasteiger partial charge on any atom is 0.158 e. The molecule has 0 amide bonds. The Morgan fingerprint density at radius 3 is 1.77 bits per heavy atom. The van der Waals surface area contributed by atoms with Gasteiger partial charge >= 0.3 is 0 Å². The van der Waals surface area contributed by atoms with E-state index in [1.54, 1.807) is 0 Å². The summed E-state index contributed by atoms with van der Waals surface area (Å²) in [7, 11) is -2.04. The topological polar surface area (TPSA) is 17.1 Å². The van der Waals surface area contributed by atoms with Gasteiger partial charge in [-0.3, -0.25) is 0 Å². The standard InChI is InChI=1S/C20H19OS/c1-22(21,20-10-6-3-7-11-20)16-17-12-14-19(15-13-17)18-8-4-2-5-9-18/h2-15H,16H2,1H3/q+1. The molecule has 0 aromatic heterocycles. The lowest BCUT2D eigenvalue weighted by Gasteiger charge is -2.08. The van der Waals surface area contributed by atoms with E-state index in [2.05, 4.69) is 36.4 Å². The lowest BCUT2D eigenvalue weighted by molar-refractivity contribution is 0.587. The highest BCUT2D eigenvalue weighted by atomic mass is 32.2. The molecule has 0 saturated carbocycles. The van der Waals surface area contributed by atoms with E-state index in [-0.39, 0.29) is 0 Å². The molecule has 0 aliphatic carbocycles. The normalized spacial score (nSPS) is 13.5. The quantitative estimate of drug-likeness (QED) is 0.617. The second-order valence-electron chi connectivity index (χ2n) is 5.53. The number of hydrogen-bond acceptors (Lipinski definition) is 1. The van der Waals surface area contributed by atoms with E-state index in [1.165, 1.54) is 11.1 Å². The van der Waals surface area contributed by atoms with Crippen LogP contribution >= 0.6 is 0 Å². The predicted molar refractivity (Wildman–Crippen MR) is 94.3 cm³/mol. The maximum absolute atomic E-state index is 12.9. The first-order chi connectivity index (χ1) is 10.6. The summed E-state index contributed by atoms with van der Waals surface area (Å²) < 4.78 is 12.9. The third-order valence-electron chi connectivity index (χ3n) is 3.74. The van der Waals surface area contributed by atoms with E-state index in [4.69, 9.17) is 0 Å². The van der Waals surface area contributed by atoms with Crippen molar-refractivity contribution in [3.8, 4) is 11.1 Å². The first-order valence-corrected chi connectivity index (χ1v) is 9.45. The fourth-order valence-electron chi connectivity index (χ4n) is 2.53. The zero-order chi connectivity index (χ0) is 15.4. The van der Waals surface area contributed by atoms with Gasteiger partial charge in [-0.2, -0.15) is 0 Å². The van der Waals surface area contributed by atoms with Crippen LogP contribution in [0.3, 0.4) is 0 Å². The fraction of sp³-hybridized carbons (Fsp3) is 0.100. The highest BCUT2D eigenvalue weighted by Gasteiger charge is 2.24. The third kappa shape index (κ3) is 3.34. The average molecular weight is 307 g/mol. The van der Waals surface area contributed by atoms with Crippen molar-refractivity contribution in [3.05, 3.63) is 90.5 Å². The molecule has 3 aromatic rings. The largest absolute Gasteiger partial charge is 0.158 e. The first-order valence-electron chi connectivity index (χ1n) is 7.31. The van der Waals surface area contributed by atoms with Crippen LogP contribution in [-0.4, -0.2) is 6.26 Å². The Bertz CT molecular complexity index is 777. The summed E-state index contributed by atoms with van der Waals surface area (Å²) in [5, 5.41) is 0. The van der Waals surface area contributed by atoms with Gasteiger partial charge in [0.25, 0.3) is 0 Å². The summed E-state index contributed by atoms with van der Waals surface area (Å²) in [4.78, 5) is 0.919. The molecule has 0 aliphatic rings. The number of rotatable bonds is 4. The van der Waals surface area contributed by atoms with Gasteiger partial charge in [0.2, 0.25) is 0 Å². The van der Waals surface area contributed by atoms with E-state index in [1.807, 2.05) is 54.8 Å². The van der Waals surface area contributed by atoms with Crippen LogP contribution in [0.5, 0.6) is 0 Å². The second kappa shape index (κ2) is 6.29. The van der Waals surface area contributed by atoms with Gasteiger partial charge in [0.05, 0.1) is 0 Å². The van der Waals surface area contributed by atoms with Crippen molar-refractivity contribution in [2.24, 2.45) is 0 Å². The van der Waals surface area contributed by atoms with Crippen molar-refractivity contribution in [3.63, 3.8) is 0 Å². The van der Waals surface area contributed by atoms with Crippen LogP contribution in [0.2, 0.25) is 0 Å². The molecule has 0 radical (unpaired) electrons. The molecule has 0 saturated heterocycles. The van der Waals surface area contributed by atoms with Crippen LogP contribution in [0.4, 0.5) is 0 Å². The maximum atomic E-state index is 12.9. The van der Waals surface area contributed by atoms with E-state index in [9.17, 15) is 4.21 Å². The van der Waals surface area contributed by atoms with Crippen molar-refractivity contribution < 1.29 is 4.21 Å². The minimum atomic E-state index is -2.04. The Labute approximate surface area is 133 Å². The highest BCUT2D eigenvalue weighted by molar-refractivity contribution is 8.01. The van der Waals surface area contributed by atoms with Crippen LogP contribution < -0.4 is 0 Å². The van der Waals surface area contributed by atoms with Gasteiger partial charge < -0.3 is 0 Å². The molecule has 110 valence electrons. The third-order valence-corrected chi connectivity index (χ3v) is 5.90. The van der Waals surface area contributed by atoms with Gasteiger partial charge in [0.1, 0.15) is 21.9 Å². The summed E-state index contributed by atoms with van der Waals surface area (Å²) in [6, 6.07) is 28.4. The highest BCUT2D eigenvalue weighted by Crippen LogP contribution is 2.24. The first kappa shape index (κ1) is 14.7. The van der Waals surface area contributed by atoms with Crippen molar-refractivity contribution in [1.82, 2.24) is 0 Å². The van der Waals surface area contributed by atoms with Crippen molar-refractivity contribution in [1.29, 1.82) is 0 Å². The van der Waals surface area contributed by atoms with Crippen LogP contribution in [0, 0.1) is 0 Å². The SMILES string of the molecule is C[S+](=O)(Cc1ccc(-c2ccccc2)cc1)c1ccccc1. The molecule has 0 heterocycles. The van der Waals surface area contributed by atoms with Crippen molar-refractivity contribution >= 4 is 9.93 Å². The lowest BCUT2D eigenvalue weighted by atomic mass is 10.0. The number of benzene rings is 3. The van der Waals surface area contributed by atoms with Gasteiger partial charge in [-0.1, -0.05) is 77.0 Å². The Morgan fingerprint density at radius 1 is 0.682 bits per heavy atom. The van der Waals surface area contributed by atoms with Crippen LogP contribution in [0.15, 0.2) is 89.8 Å². The lowest BCUT2D eigenvalue weighted by Crippen LogP contribution is -2.11. The van der Waals surface area contributed by atoms with Gasteiger partial charge in [-0.15, -0.1) is 0 Å². The minimum absolute atomic E-state index is 0.575. The molecule has 0 fully saturated rings. The molecule has 0 spiro atoms. The predicted octanol–water partition coefficient (Wildman–Crippen LogP) is 5.04. The molecular formula is C20H19OS+. The van der Waals surface area contributed by atoms with E-state index < -0.39 is 9.93 Å². The molecular weight excluding hydrogens is 288 g/mol. The average Bonchev–Trinajstić information content (AvgIpc) is 2.57. The molecule has 2 heteroatoms. The molecule has 1 nitrogen and oxygen atoms in total. The van der Waals surface area contributed by atoms with Gasteiger partial charge in [-0.05, 0) is 23.3 Å². The zero-order valence-electron chi connectivity index (χ0n) is 12.6. The molecule has 0 aliphatic heterocycles. The minimum Gasteiger partial charge on any atom is -0.0996 e. The molecule has 0 bridgehead atoms. The Balaban J connectivity index is 1.81. The Hall–Kier alpha value is -2.19. The summed E-state index contributed by atoms with van der Waals surface area (Å²) in [6.45, 7) is 0. The van der Waals surface area contributed by atoms with Crippen LogP contribution in [-0.2, 0) is 19.9 Å². The van der Waals surface area contributed by atoms with Crippen LogP contribution in [0.25, 0.3) is 11.1 Å². The second-order valence-corrected chi connectivity index (χ2v) is 8.30. The van der Waals surface area contributed by atoms with Crippen LogP contribution in [0.1, 0.15) is 5.56 Å². The van der Waals surface area contributed by atoms with Crippen molar-refractivity contribution in [2.75, 3.05) is 6.26 Å². The smallest absolute Gasteiger partial charge is 0.0996 e. The molecule has 22 heavy (non-hydrogen) atoms. The van der Waals surface area contributed by atoms with Gasteiger partial charge in [0.15, 0.2) is 4.90 Å². The molecule has 1 unspecified atom stereocenters. The van der Waals surface area contributed by atoms with Gasteiger partial charge in [0, 0.05) is 5.56 Å².